The summed E-state index contributed by atoms with van der Waals surface area (Å²) in [6.07, 6.45) is 0.329. The number of nitrogens with one attached hydrogen (secondary N) is 1. The van der Waals surface area contributed by atoms with E-state index in [0.717, 1.165) is 9.87 Å². The third-order valence-corrected chi connectivity index (χ3v) is 8.67. The largest absolute Gasteiger partial charge is 0.497 e. The molecule has 0 heterocycles. The van der Waals surface area contributed by atoms with Gasteiger partial charge in [-0.1, -0.05) is 56.1 Å². The van der Waals surface area contributed by atoms with Crippen molar-refractivity contribution in [2.45, 2.75) is 44.7 Å². The van der Waals surface area contributed by atoms with Gasteiger partial charge in [0.15, 0.2) is 0 Å². The molecule has 1 atom stereocenters. The molecule has 3 aromatic carbocycles. The highest BCUT2D eigenvalue weighted by molar-refractivity contribution is 7.92. The van der Waals surface area contributed by atoms with Crippen molar-refractivity contribution < 1.29 is 22.7 Å². The minimum Gasteiger partial charge on any atom is -0.497 e. The van der Waals surface area contributed by atoms with Gasteiger partial charge in [-0.2, -0.15) is 0 Å². The van der Waals surface area contributed by atoms with Gasteiger partial charge in [0.2, 0.25) is 11.8 Å². The number of methoxy groups -OCH3 is 1. The summed E-state index contributed by atoms with van der Waals surface area (Å²) in [7, 11) is -2.72. The molecule has 0 spiro atoms. The second kappa shape index (κ2) is 14.6. The van der Waals surface area contributed by atoms with Gasteiger partial charge in [0.25, 0.3) is 10.0 Å². The van der Waals surface area contributed by atoms with Crippen molar-refractivity contribution in [3.8, 4) is 5.75 Å². The molecule has 0 saturated carbocycles. The van der Waals surface area contributed by atoms with Gasteiger partial charge in [0.05, 0.1) is 17.7 Å². The van der Waals surface area contributed by atoms with Crippen LogP contribution < -0.4 is 14.4 Å². The van der Waals surface area contributed by atoms with E-state index in [9.17, 15) is 18.0 Å². The minimum atomic E-state index is -4.20. The second-order valence-electron chi connectivity index (χ2n) is 9.87. The van der Waals surface area contributed by atoms with Gasteiger partial charge < -0.3 is 15.0 Å². The Bertz CT molecular complexity index is 1410. The summed E-state index contributed by atoms with van der Waals surface area (Å²) >= 11 is 12.1. The van der Waals surface area contributed by atoms with Gasteiger partial charge in [-0.05, 0) is 78.6 Å². The second-order valence-corrected chi connectivity index (χ2v) is 12.6. The van der Waals surface area contributed by atoms with Crippen molar-refractivity contribution in [1.29, 1.82) is 0 Å². The van der Waals surface area contributed by atoms with E-state index in [4.69, 9.17) is 27.9 Å². The predicted octanol–water partition coefficient (Wildman–Crippen LogP) is 5.78. The molecule has 220 valence electrons. The number of benzene rings is 3. The van der Waals surface area contributed by atoms with Crippen LogP contribution in [0.15, 0.2) is 77.7 Å². The SMILES string of the molecule is CCC(C(=O)NCC(C)C)N(Cc1ccc(Cl)cc1)C(=O)CN(c1ccc(Cl)cc1)S(=O)(=O)c1ccc(OC)cc1. The molecule has 0 aliphatic carbocycles. The Balaban J connectivity index is 2.03. The van der Waals surface area contributed by atoms with E-state index in [1.54, 1.807) is 36.4 Å². The van der Waals surface area contributed by atoms with E-state index >= 15 is 0 Å². The molecule has 8 nitrogen and oxygen atoms in total. The third-order valence-electron chi connectivity index (χ3n) is 6.38. The minimum absolute atomic E-state index is 0.0213. The van der Waals surface area contributed by atoms with Crippen LogP contribution in [0.1, 0.15) is 32.8 Å². The zero-order valence-corrected chi connectivity index (χ0v) is 25.8. The van der Waals surface area contributed by atoms with Gasteiger partial charge in [-0.3, -0.25) is 13.9 Å². The summed E-state index contributed by atoms with van der Waals surface area (Å²) in [5, 5.41) is 3.86. The first-order chi connectivity index (χ1) is 19.5. The monoisotopic (exact) mass is 619 g/mol. The van der Waals surface area contributed by atoms with E-state index < -0.39 is 28.5 Å². The van der Waals surface area contributed by atoms with Crippen molar-refractivity contribution in [3.63, 3.8) is 0 Å². The fourth-order valence-electron chi connectivity index (χ4n) is 4.14. The lowest BCUT2D eigenvalue weighted by Crippen LogP contribution is -2.52. The first-order valence-electron chi connectivity index (χ1n) is 13.2. The maximum atomic E-state index is 14.1. The number of carbonyl (C=O) groups excluding carboxylic acids is 2. The number of halogens is 2. The Hall–Kier alpha value is -3.27. The van der Waals surface area contributed by atoms with Gasteiger partial charge in [-0.15, -0.1) is 0 Å². The van der Waals surface area contributed by atoms with Crippen LogP contribution >= 0.6 is 23.2 Å². The summed E-state index contributed by atoms with van der Waals surface area (Å²) in [6.45, 7) is 5.75. The van der Waals surface area contributed by atoms with E-state index in [0.29, 0.717) is 28.8 Å². The summed E-state index contributed by atoms with van der Waals surface area (Å²) in [5.41, 5.74) is 0.997. The van der Waals surface area contributed by atoms with Crippen LogP contribution in [0.4, 0.5) is 5.69 Å². The van der Waals surface area contributed by atoms with Crippen molar-refractivity contribution in [2.75, 3.05) is 24.5 Å². The van der Waals surface area contributed by atoms with Crippen LogP contribution in [0.25, 0.3) is 0 Å². The molecule has 11 heteroatoms. The summed E-state index contributed by atoms with van der Waals surface area (Å²) in [4.78, 5) is 28.7. The molecule has 0 aliphatic heterocycles. The highest BCUT2D eigenvalue weighted by Gasteiger charge is 2.33. The molecule has 0 aliphatic rings. The molecule has 0 saturated heterocycles. The molecule has 2 amide bonds. The molecule has 41 heavy (non-hydrogen) atoms. The van der Waals surface area contributed by atoms with Crippen molar-refractivity contribution in [1.82, 2.24) is 10.2 Å². The van der Waals surface area contributed by atoms with Gasteiger partial charge >= 0.3 is 0 Å². The Morgan fingerprint density at radius 3 is 1.98 bits per heavy atom. The number of sulfonamides is 1. The van der Waals surface area contributed by atoms with E-state index in [1.165, 1.54) is 48.4 Å². The molecule has 0 aromatic heterocycles. The van der Waals surface area contributed by atoms with Crippen LogP contribution in [0.2, 0.25) is 10.0 Å². The quantitative estimate of drug-likeness (QED) is 0.262. The predicted molar refractivity (Wildman–Crippen MR) is 163 cm³/mol. The zero-order chi connectivity index (χ0) is 30.2. The molecular weight excluding hydrogens is 585 g/mol. The maximum Gasteiger partial charge on any atom is 0.264 e. The van der Waals surface area contributed by atoms with Crippen LogP contribution in [-0.2, 0) is 26.2 Å². The Labute approximate surface area is 252 Å². The molecular formula is C30H35Cl2N3O5S. The van der Waals surface area contributed by atoms with E-state index in [2.05, 4.69) is 5.32 Å². The average molecular weight is 621 g/mol. The Kier molecular flexibility index (Phi) is 11.5. The molecule has 0 fully saturated rings. The molecule has 3 aromatic rings. The van der Waals surface area contributed by atoms with Crippen LogP contribution in [-0.4, -0.2) is 51.4 Å². The van der Waals surface area contributed by atoms with E-state index in [-0.39, 0.29) is 29.0 Å². The first kappa shape index (κ1) is 32.2. The molecule has 0 radical (unpaired) electrons. The number of amides is 2. The summed E-state index contributed by atoms with van der Waals surface area (Å²) < 4.78 is 34.0. The number of hydrogen-bond donors (Lipinski definition) is 1. The summed E-state index contributed by atoms with van der Waals surface area (Å²) in [5.74, 6) is -0.143. The molecule has 1 unspecified atom stereocenters. The first-order valence-corrected chi connectivity index (χ1v) is 15.4. The third kappa shape index (κ3) is 8.61. The lowest BCUT2D eigenvalue weighted by molar-refractivity contribution is -0.140. The lowest BCUT2D eigenvalue weighted by atomic mass is 10.1. The van der Waals surface area contributed by atoms with Crippen LogP contribution in [0.3, 0.4) is 0 Å². The number of carbonyl (C=O) groups is 2. The van der Waals surface area contributed by atoms with Crippen LogP contribution in [0, 0.1) is 5.92 Å². The molecule has 3 rings (SSSR count). The summed E-state index contributed by atoms with van der Waals surface area (Å²) in [6, 6.07) is 18.2. The number of nitrogens with zero attached hydrogens (tertiary/aromatic N) is 2. The number of hydrogen-bond acceptors (Lipinski definition) is 5. The van der Waals surface area contributed by atoms with Crippen LogP contribution in [0.5, 0.6) is 5.75 Å². The van der Waals surface area contributed by atoms with Crippen molar-refractivity contribution in [2.24, 2.45) is 5.92 Å². The van der Waals surface area contributed by atoms with Gasteiger partial charge in [-0.25, -0.2) is 8.42 Å². The smallest absolute Gasteiger partial charge is 0.264 e. The maximum absolute atomic E-state index is 14.1. The van der Waals surface area contributed by atoms with Crippen molar-refractivity contribution in [3.05, 3.63) is 88.4 Å². The normalized spacial score (nSPS) is 12.1. The topological polar surface area (TPSA) is 96.0 Å². The highest BCUT2D eigenvalue weighted by Crippen LogP contribution is 2.27. The Morgan fingerprint density at radius 2 is 1.46 bits per heavy atom. The number of rotatable bonds is 13. The van der Waals surface area contributed by atoms with E-state index in [1.807, 2.05) is 20.8 Å². The van der Waals surface area contributed by atoms with Gasteiger partial charge in [0, 0.05) is 23.1 Å². The van der Waals surface area contributed by atoms with Crippen molar-refractivity contribution >= 4 is 50.7 Å². The highest BCUT2D eigenvalue weighted by atomic mass is 35.5. The standard InChI is InChI=1S/C30H35Cl2N3O5S/c1-5-28(30(37)33-18-21(2)3)34(19-22-6-8-23(31)9-7-22)29(36)20-35(25-12-10-24(32)11-13-25)41(38,39)27-16-14-26(40-4)15-17-27/h6-17,21,28H,5,18-20H2,1-4H3,(H,33,37). The molecule has 0 bridgehead atoms. The Morgan fingerprint density at radius 1 is 0.902 bits per heavy atom. The lowest BCUT2D eigenvalue weighted by Gasteiger charge is -2.33. The fraction of sp³-hybridized carbons (Fsp3) is 0.333. The molecule has 1 N–H and O–H groups in total. The van der Waals surface area contributed by atoms with Gasteiger partial charge in [0.1, 0.15) is 18.3 Å². The average Bonchev–Trinajstić information content (AvgIpc) is 2.96. The zero-order valence-electron chi connectivity index (χ0n) is 23.5. The number of ether oxygens (including phenoxy) is 1. The number of anilines is 1. The fourth-order valence-corrected chi connectivity index (χ4v) is 5.81.